The minimum atomic E-state index is -0.270. The van der Waals surface area contributed by atoms with Gasteiger partial charge in [0.25, 0.3) is 11.5 Å². The molecule has 25 heavy (non-hydrogen) atoms. The summed E-state index contributed by atoms with van der Waals surface area (Å²) in [5.41, 5.74) is 0.786. The fraction of sp³-hybridized carbons (Fsp3) is 0.188. The Labute approximate surface area is 150 Å². The number of ether oxygens (including phenoxy) is 2. The molecule has 1 amide bonds. The maximum absolute atomic E-state index is 12.7. The molecule has 1 aliphatic rings. The molecule has 3 heterocycles. The molecule has 0 aliphatic carbocycles. The lowest BCUT2D eigenvalue weighted by atomic mass is 10.1. The number of fused-ring (bicyclic) bond motifs is 2. The third-order valence-electron chi connectivity index (χ3n) is 3.77. The van der Waals surface area contributed by atoms with Gasteiger partial charge in [-0.15, -0.1) is 11.3 Å². The first kappa shape index (κ1) is 15.9. The standard InChI is InChI=1S/C16H12ClN3O4S/c1-20(6-12-18-10-2-3-25-14(10)15(21)19-12)16(22)8-4-9(17)13-11(5-8)23-7-24-13/h2-5H,6-7H2,1H3,(H,18,19,21). The Morgan fingerprint density at radius 1 is 1.44 bits per heavy atom. The van der Waals surface area contributed by atoms with Crippen LogP contribution in [0.4, 0.5) is 0 Å². The maximum atomic E-state index is 12.7. The van der Waals surface area contributed by atoms with E-state index in [9.17, 15) is 9.59 Å². The molecule has 3 aromatic rings. The van der Waals surface area contributed by atoms with Gasteiger partial charge in [0, 0.05) is 12.6 Å². The molecule has 0 saturated carbocycles. The maximum Gasteiger partial charge on any atom is 0.268 e. The summed E-state index contributed by atoms with van der Waals surface area (Å²) in [7, 11) is 1.62. The van der Waals surface area contributed by atoms with Gasteiger partial charge in [-0.05, 0) is 23.6 Å². The molecule has 128 valence electrons. The zero-order valence-corrected chi connectivity index (χ0v) is 14.6. The normalized spacial score (nSPS) is 12.6. The van der Waals surface area contributed by atoms with Crippen LogP contribution in [0.5, 0.6) is 11.5 Å². The molecule has 1 aliphatic heterocycles. The molecule has 0 radical (unpaired) electrons. The van der Waals surface area contributed by atoms with Crippen LogP contribution in [-0.2, 0) is 6.54 Å². The van der Waals surface area contributed by atoms with Crippen LogP contribution < -0.4 is 15.0 Å². The van der Waals surface area contributed by atoms with Crippen molar-refractivity contribution < 1.29 is 14.3 Å². The third kappa shape index (κ3) is 2.83. The van der Waals surface area contributed by atoms with Gasteiger partial charge >= 0.3 is 0 Å². The number of hydrogen-bond donors (Lipinski definition) is 1. The minimum absolute atomic E-state index is 0.0777. The van der Waals surface area contributed by atoms with Gasteiger partial charge in [0.15, 0.2) is 11.5 Å². The van der Waals surface area contributed by atoms with Crippen molar-refractivity contribution in [2.45, 2.75) is 6.54 Å². The van der Waals surface area contributed by atoms with E-state index in [1.54, 1.807) is 24.6 Å². The number of carbonyl (C=O) groups is 1. The van der Waals surface area contributed by atoms with Gasteiger partial charge in [0.2, 0.25) is 6.79 Å². The topological polar surface area (TPSA) is 84.5 Å². The molecule has 1 N–H and O–H groups in total. The van der Waals surface area contributed by atoms with Gasteiger partial charge in [0.1, 0.15) is 10.5 Å². The Kier molecular flexibility index (Phi) is 3.85. The number of aromatic nitrogens is 2. The van der Waals surface area contributed by atoms with Crippen molar-refractivity contribution in [2.75, 3.05) is 13.8 Å². The van der Waals surface area contributed by atoms with Crippen molar-refractivity contribution in [2.24, 2.45) is 0 Å². The van der Waals surface area contributed by atoms with E-state index in [0.717, 1.165) is 0 Å². The second kappa shape index (κ2) is 6.05. The smallest absolute Gasteiger partial charge is 0.268 e. The number of hydrogen-bond acceptors (Lipinski definition) is 6. The summed E-state index contributed by atoms with van der Waals surface area (Å²) in [6.45, 7) is 0.236. The largest absolute Gasteiger partial charge is 0.454 e. The third-order valence-corrected chi connectivity index (χ3v) is 4.95. The van der Waals surface area contributed by atoms with Crippen LogP contribution in [0.2, 0.25) is 5.02 Å². The highest BCUT2D eigenvalue weighted by atomic mass is 35.5. The van der Waals surface area contributed by atoms with Crippen molar-refractivity contribution in [1.82, 2.24) is 14.9 Å². The highest BCUT2D eigenvalue weighted by Crippen LogP contribution is 2.40. The number of carbonyl (C=O) groups excluding carboxylic acids is 1. The lowest BCUT2D eigenvalue weighted by molar-refractivity contribution is 0.0781. The number of amides is 1. The van der Waals surface area contributed by atoms with Crippen molar-refractivity contribution in [3.05, 3.63) is 50.3 Å². The average molecular weight is 378 g/mol. The van der Waals surface area contributed by atoms with E-state index in [2.05, 4.69) is 9.97 Å². The first-order valence-electron chi connectivity index (χ1n) is 7.34. The summed E-state index contributed by atoms with van der Waals surface area (Å²) in [5, 5.41) is 2.12. The Morgan fingerprint density at radius 2 is 2.28 bits per heavy atom. The van der Waals surface area contributed by atoms with Crippen molar-refractivity contribution >= 4 is 39.1 Å². The first-order valence-corrected chi connectivity index (χ1v) is 8.59. The summed E-state index contributed by atoms with van der Waals surface area (Å²) in [5.74, 6) is 1.03. The highest BCUT2D eigenvalue weighted by Gasteiger charge is 2.22. The van der Waals surface area contributed by atoms with Gasteiger partial charge in [0.05, 0.1) is 17.1 Å². The number of halogens is 1. The predicted octanol–water partition coefficient (Wildman–Crippen LogP) is 2.64. The van der Waals surface area contributed by atoms with Crippen molar-refractivity contribution in [3.8, 4) is 11.5 Å². The van der Waals surface area contributed by atoms with Gasteiger partial charge < -0.3 is 19.4 Å². The van der Waals surface area contributed by atoms with E-state index in [-0.39, 0.29) is 24.8 Å². The molecule has 0 bridgehead atoms. The number of nitrogens with one attached hydrogen (secondary N) is 1. The summed E-state index contributed by atoms with van der Waals surface area (Å²) in [6.07, 6.45) is 0. The fourth-order valence-electron chi connectivity index (χ4n) is 2.60. The van der Waals surface area contributed by atoms with E-state index in [1.807, 2.05) is 0 Å². The lowest BCUT2D eigenvalue weighted by Gasteiger charge is -2.17. The van der Waals surface area contributed by atoms with Crippen LogP contribution in [0, 0.1) is 0 Å². The average Bonchev–Trinajstić information content (AvgIpc) is 3.23. The highest BCUT2D eigenvalue weighted by molar-refractivity contribution is 7.17. The van der Waals surface area contributed by atoms with Crippen LogP contribution in [0.25, 0.3) is 10.2 Å². The molecule has 9 heteroatoms. The Hall–Kier alpha value is -2.58. The first-order chi connectivity index (χ1) is 12.0. The SMILES string of the molecule is CN(Cc1nc2ccsc2c(=O)[nH]1)C(=O)c1cc(Cl)c2c(c1)OCO2. The van der Waals surface area contributed by atoms with Gasteiger partial charge in [-0.3, -0.25) is 9.59 Å². The van der Waals surface area contributed by atoms with Gasteiger partial charge in [-0.2, -0.15) is 0 Å². The van der Waals surface area contributed by atoms with Gasteiger partial charge in [-0.25, -0.2) is 4.98 Å². The minimum Gasteiger partial charge on any atom is -0.454 e. The quantitative estimate of drug-likeness (QED) is 0.758. The molecule has 0 atom stereocenters. The molecule has 0 unspecified atom stereocenters. The molecule has 2 aromatic heterocycles. The van der Waals surface area contributed by atoms with Crippen LogP contribution in [0.3, 0.4) is 0 Å². The molecule has 7 nitrogen and oxygen atoms in total. The Balaban J connectivity index is 1.60. The zero-order valence-electron chi connectivity index (χ0n) is 13.0. The van der Waals surface area contributed by atoms with E-state index < -0.39 is 0 Å². The van der Waals surface area contributed by atoms with Crippen LogP contribution >= 0.6 is 22.9 Å². The van der Waals surface area contributed by atoms with E-state index >= 15 is 0 Å². The summed E-state index contributed by atoms with van der Waals surface area (Å²) >= 11 is 7.45. The number of thiophene rings is 1. The number of rotatable bonds is 3. The van der Waals surface area contributed by atoms with E-state index in [0.29, 0.717) is 38.1 Å². The van der Waals surface area contributed by atoms with Gasteiger partial charge in [-0.1, -0.05) is 11.6 Å². The molecule has 0 saturated heterocycles. The molecule has 0 fully saturated rings. The molecule has 4 rings (SSSR count). The monoisotopic (exact) mass is 377 g/mol. The molecule has 0 spiro atoms. The zero-order chi connectivity index (χ0) is 17.6. The second-order valence-electron chi connectivity index (χ2n) is 5.50. The lowest BCUT2D eigenvalue weighted by Crippen LogP contribution is -2.28. The number of benzene rings is 1. The molecular weight excluding hydrogens is 366 g/mol. The number of H-pyrrole nitrogens is 1. The fourth-order valence-corrected chi connectivity index (χ4v) is 3.59. The van der Waals surface area contributed by atoms with Crippen molar-refractivity contribution in [1.29, 1.82) is 0 Å². The van der Waals surface area contributed by atoms with Crippen LogP contribution in [0.1, 0.15) is 16.2 Å². The van der Waals surface area contributed by atoms with Crippen molar-refractivity contribution in [3.63, 3.8) is 0 Å². The van der Waals surface area contributed by atoms with Crippen LogP contribution in [0.15, 0.2) is 28.4 Å². The number of aromatic amines is 1. The number of nitrogens with zero attached hydrogens (tertiary/aromatic N) is 2. The summed E-state index contributed by atoms with van der Waals surface area (Å²) in [4.78, 5) is 33.2. The summed E-state index contributed by atoms with van der Waals surface area (Å²) in [6, 6.07) is 4.90. The van der Waals surface area contributed by atoms with E-state index in [4.69, 9.17) is 21.1 Å². The molecular formula is C16H12ClN3O4S. The Bertz CT molecular complexity index is 1050. The van der Waals surface area contributed by atoms with E-state index in [1.165, 1.54) is 22.3 Å². The second-order valence-corrected chi connectivity index (χ2v) is 6.82. The van der Waals surface area contributed by atoms with Crippen LogP contribution in [-0.4, -0.2) is 34.6 Å². The molecule has 1 aromatic carbocycles. The Morgan fingerprint density at radius 3 is 3.12 bits per heavy atom. The predicted molar refractivity (Wildman–Crippen MR) is 93.6 cm³/mol. The summed E-state index contributed by atoms with van der Waals surface area (Å²) < 4.78 is 11.1.